The average Bonchev–Trinajstić information content (AvgIpc) is 2.63. The molecule has 7 nitrogen and oxygen atoms in total. The quantitative estimate of drug-likeness (QED) is 0.363. The van der Waals surface area contributed by atoms with Crippen LogP contribution in [0, 0.1) is 0 Å². The van der Waals surface area contributed by atoms with Crippen LogP contribution in [-0.4, -0.2) is 26.4 Å². The summed E-state index contributed by atoms with van der Waals surface area (Å²) in [6.45, 7) is 5.90. The third-order valence-corrected chi connectivity index (χ3v) is 3.61. The zero-order valence-electron chi connectivity index (χ0n) is 14.5. The molecule has 0 aromatic heterocycles. The number of hydrogen-bond acceptors (Lipinski definition) is 7. The molecule has 0 heterocycles. The maximum Gasteiger partial charge on any atom is 0.253 e. The fourth-order valence-corrected chi connectivity index (χ4v) is 2.35. The van der Waals surface area contributed by atoms with Crippen molar-refractivity contribution in [2.45, 2.75) is 26.6 Å². The molecule has 0 atom stereocenters. The number of anilines is 2. The number of hydrogen-bond donors (Lipinski definition) is 2. The van der Waals surface area contributed by atoms with Crippen LogP contribution in [0.15, 0.2) is 33.9 Å². The minimum atomic E-state index is -0.617. The van der Waals surface area contributed by atoms with E-state index in [0.29, 0.717) is 32.8 Å². The minimum Gasteiger partial charge on any atom is -0.494 e. The molecule has 0 aliphatic heterocycles. The lowest BCUT2D eigenvalue weighted by Gasteiger charge is -2.18. The van der Waals surface area contributed by atoms with Crippen molar-refractivity contribution in [1.29, 1.82) is 0 Å². The largest absolute Gasteiger partial charge is 0.494 e. The molecule has 0 aliphatic carbocycles. The molecule has 7 heteroatoms. The number of nitrogens with two attached hydrogens (primary N) is 1. The van der Waals surface area contributed by atoms with Gasteiger partial charge in [0.05, 0.1) is 6.61 Å². The Kier molecular flexibility index (Phi) is 6.97. The standard InChI is InChI=1S/C18H24N2O5/c1-3-23-18(24-4-2)12-7-5-8-13(11-12)25-10-6-9-20-15-14(19)16(21)17(15)22/h5,7-8,11,18,20H,3-4,6,9-10,19H2,1-2H3. The zero-order chi connectivity index (χ0) is 18.2. The van der Waals surface area contributed by atoms with Gasteiger partial charge >= 0.3 is 0 Å². The Morgan fingerprint density at radius 2 is 1.84 bits per heavy atom. The van der Waals surface area contributed by atoms with Gasteiger partial charge in [-0.3, -0.25) is 9.59 Å². The molecule has 0 spiro atoms. The van der Waals surface area contributed by atoms with Crippen LogP contribution in [0.3, 0.4) is 0 Å². The van der Waals surface area contributed by atoms with Gasteiger partial charge in [-0.1, -0.05) is 12.1 Å². The summed E-state index contributed by atoms with van der Waals surface area (Å²) in [4.78, 5) is 22.3. The van der Waals surface area contributed by atoms with Gasteiger partial charge in [-0.15, -0.1) is 0 Å². The van der Waals surface area contributed by atoms with E-state index >= 15 is 0 Å². The third kappa shape index (κ3) is 4.80. The van der Waals surface area contributed by atoms with E-state index < -0.39 is 17.1 Å². The molecule has 0 radical (unpaired) electrons. The molecule has 0 aliphatic rings. The second-order valence-electron chi connectivity index (χ2n) is 5.39. The van der Waals surface area contributed by atoms with Crippen molar-refractivity contribution in [3.63, 3.8) is 0 Å². The van der Waals surface area contributed by atoms with Crippen LogP contribution in [0.1, 0.15) is 32.1 Å². The fourth-order valence-electron chi connectivity index (χ4n) is 2.35. The molecule has 2 aromatic rings. The van der Waals surface area contributed by atoms with Crippen LogP contribution in [-0.2, 0) is 9.47 Å². The van der Waals surface area contributed by atoms with Crippen LogP contribution < -0.4 is 26.6 Å². The molecule has 0 unspecified atom stereocenters. The number of ether oxygens (including phenoxy) is 3. The van der Waals surface area contributed by atoms with Crippen molar-refractivity contribution in [3.8, 4) is 5.75 Å². The van der Waals surface area contributed by atoms with Gasteiger partial charge in [-0.2, -0.15) is 0 Å². The van der Waals surface area contributed by atoms with Crippen LogP contribution in [0.2, 0.25) is 0 Å². The fraction of sp³-hybridized carbons (Fsp3) is 0.444. The van der Waals surface area contributed by atoms with Crippen LogP contribution in [0.25, 0.3) is 0 Å². The van der Waals surface area contributed by atoms with Crippen molar-refractivity contribution in [2.24, 2.45) is 0 Å². The Morgan fingerprint density at radius 3 is 2.48 bits per heavy atom. The van der Waals surface area contributed by atoms with Crippen LogP contribution >= 0.6 is 0 Å². The molecule has 136 valence electrons. The third-order valence-electron chi connectivity index (χ3n) is 3.61. The van der Waals surface area contributed by atoms with E-state index in [1.54, 1.807) is 0 Å². The summed E-state index contributed by atoms with van der Waals surface area (Å²) < 4.78 is 16.9. The lowest BCUT2D eigenvalue weighted by Crippen LogP contribution is -2.37. The van der Waals surface area contributed by atoms with Gasteiger partial charge in [0.15, 0.2) is 6.29 Å². The molecule has 0 saturated carbocycles. The summed E-state index contributed by atoms with van der Waals surface area (Å²) in [7, 11) is 0. The molecule has 25 heavy (non-hydrogen) atoms. The first kappa shape index (κ1) is 19.0. The van der Waals surface area contributed by atoms with Crippen molar-refractivity contribution in [2.75, 3.05) is 37.4 Å². The van der Waals surface area contributed by atoms with E-state index in [0.717, 1.165) is 11.3 Å². The van der Waals surface area contributed by atoms with Gasteiger partial charge in [0, 0.05) is 25.3 Å². The molecule has 2 aromatic carbocycles. The Labute approximate surface area is 146 Å². The second-order valence-corrected chi connectivity index (χ2v) is 5.39. The molecular weight excluding hydrogens is 324 g/mol. The van der Waals surface area contributed by atoms with E-state index in [9.17, 15) is 9.59 Å². The monoisotopic (exact) mass is 348 g/mol. The van der Waals surface area contributed by atoms with Crippen LogP contribution in [0.5, 0.6) is 5.75 Å². The Balaban J connectivity index is 1.80. The summed E-state index contributed by atoms with van der Waals surface area (Å²) in [5.41, 5.74) is 5.40. The first-order valence-corrected chi connectivity index (χ1v) is 8.37. The Bertz CT molecular complexity index is 746. The highest BCUT2D eigenvalue weighted by Gasteiger charge is 2.16. The summed E-state index contributed by atoms with van der Waals surface area (Å²) in [5, 5.41) is 2.86. The smallest absolute Gasteiger partial charge is 0.253 e. The predicted molar refractivity (Wildman–Crippen MR) is 96.8 cm³/mol. The van der Waals surface area contributed by atoms with E-state index in [2.05, 4.69) is 5.32 Å². The van der Waals surface area contributed by atoms with Crippen LogP contribution in [0.4, 0.5) is 11.4 Å². The van der Waals surface area contributed by atoms with Gasteiger partial charge < -0.3 is 25.3 Å². The highest BCUT2D eigenvalue weighted by Crippen LogP contribution is 2.23. The molecule has 0 fully saturated rings. The number of rotatable bonds is 11. The number of benzene rings is 1. The topological polar surface area (TPSA) is 99.9 Å². The average molecular weight is 348 g/mol. The lowest BCUT2D eigenvalue weighted by atomic mass is 10.2. The highest BCUT2D eigenvalue weighted by molar-refractivity contribution is 5.71. The van der Waals surface area contributed by atoms with Crippen molar-refractivity contribution >= 4 is 11.4 Å². The minimum absolute atomic E-state index is 0.0107. The maximum atomic E-state index is 11.3. The Hall–Kier alpha value is -2.38. The molecule has 3 N–H and O–H groups in total. The first-order valence-electron chi connectivity index (χ1n) is 8.37. The summed E-state index contributed by atoms with van der Waals surface area (Å²) in [6, 6.07) is 7.57. The molecule has 0 amide bonds. The van der Waals surface area contributed by atoms with Gasteiger partial charge in [-0.25, -0.2) is 0 Å². The summed E-state index contributed by atoms with van der Waals surface area (Å²) in [5.74, 6) is 0.718. The van der Waals surface area contributed by atoms with Crippen molar-refractivity contribution in [1.82, 2.24) is 0 Å². The maximum absolute atomic E-state index is 11.3. The predicted octanol–water partition coefficient (Wildman–Crippen LogP) is 1.82. The van der Waals surface area contributed by atoms with Gasteiger partial charge in [-0.05, 0) is 32.4 Å². The van der Waals surface area contributed by atoms with E-state index in [4.69, 9.17) is 19.9 Å². The summed E-state index contributed by atoms with van der Waals surface area (Å²) in [6.07, 6.45) is 0.250. The molecule has 0 bridgehead atoms. The second kappa shape index (κ2) is 9.19. The van der Waals surface area contributed by atoms with Crippen molar-refractivity contribution in [3.05, 3.63) is 50.3 Å². The highest BCUT2D eigenvalue weighted by atomic mass is 16.7. The van der Waals surface area contributed by atoms with E-state index in [1.807, 2.05) is 38.1 Å². The Morgan fingerprint density at radius 1 is 1.12 bits per heavy atom. The van der Waals surface area contributed by atoms with Gasteiger partial charge in [0.2, 0.25) is 0 Å². The van der Waals surface area contributed by atoms with E-state index in [1.165, 1.54) is 0 Å². The normalized spacial score (nSPS) is 11.2. The molecular formula is C18H24N2O5. The first-order chi connectivity index (χ1) is 12.1. The molecule has 0 saturated heterocycles. The molecule has 2 rings (SSSR count). The van der Waals surface area contributed by atoms with Crippen molar-refractivity contribution < 1.29 is 14.2 Å². The lowest BCUT2D eigenvalue weighted by molar-refractivity contribution is -0.140. The SMILES string of the molecule is CCOC(OCC)c1cccc(OCCCNc2c(N)c(=O)c2=O)c1. The number of nitrogen functional groups attached to an aromatic ring is 1. The summed E-state index contributed by atoms with van der Waals surface area (Å²) >= 11 is 0. The van der Waals surface area contributed by atoms with Gasteiger partial charge in [0.1, 0.15) is 17.1 Å². The zero-order valence-corrected chi connectivity index (χ0v) is 14.5. The number of nitrogens with one attached hydrogen (secondary N) is 1. The van der Waals surface area contributed by atoms with Gasteiger partial charge in [0.25, 0.3) is 10.9 Å². The van der Waals surface area contributed by atoms with E-state index in [-0.39, 0.29) is 11.4 Å².